The van der Waals surface area contributed by atoms with Gasteiger partial charge in [0.1, 0.15) is 11.6 Å². The zero-order chi connectivity index (χ0) is 19.9. The first-order valence-electron chi connectivity index (χ1n) is 8.42. The van der Waals surface area contributed by atoms with Gasteiger partial charge in [0, 0.05) is 10.9 Å². The van der Waals surface area contributed by atoms with Crippen molar-refractivity contribution in [2.45, 2.75) is 20.0 Å². The number of benzene rings is 2. The number of rotatable bonds is 3. The van der Waals surface area contributed by atoms with Crippen LogP contribution in [0.25, 0.3) is 22.3 Å². The molecule has 142 valence electrons. The van der Waals surface area contributed by atoms with Crippen molar-refractivity contribution in [3.8, 4) is 11.4 Å². The van der Waals surface area contributed by atoms with E-state index in [1.807, 2.05) is 19.1 Å². The first-order valence-corrected chi connectivity index (χ1v) is 8.42. The first kappa shape index (κ1) is 17.9. The SMILES string of the molecule is Cc1ccc2c(Nc3n[nH]c(C)n3)nc(-c3ccccc3C(F)(F)F)nc2c1. The van der Waals surface area contributed by atoms with Gasteiger partial charge in [0.05, 0.1) is 11.1 Å². The molecule has 28 heavy (non-hydrogen) atoms. The van der Waals surface area contributed by atoms with Gasteiger partial charge < -0.3 is 5.32 Å². The molecule has 2 aromatic carbocycles. The Labute approximate surface area is 157 Å². The first-order chi connectivity index (χ1) is 13.3. The van der Waals surface area contributed by atoms with Crippen molar-refractivity contribution in [1.82, 2.24) is 25.1 Å². The topological polar surface area (TPSA) is 79.4 Å². The van der Waals surface area contributed by atoms with Crippen LogP contribution >= 0.6 is 0 Å². The van der Waals surface area contributed by atoms with E-state index in [2.05, 4.69) is 30.5 Å². The van der Waals surface area contributed by atoms with Crippen LogP contribution in [0.1, 0.15) is 17.0 Å². The lowest BCUT2D eigenvalue weighted by Gasteiger charge is -2.14. The molecular weight excluding hydrogens is 369 g/mol. The summed E-state index contributed by atoms with van der Waals surface area (Å²) in [4.78, 5) is 12.9. The lowest BCUT2D eigenvalue weighted by molar-refractivity contribution is -0.137. The Morgan fingerprint density at radius 2 is 1.75 bits per heavy atom. The van der Waals surface area contributed by atoms with Crippen LogP contribution in [0.2, 0.25) is 0 Å². The van der Waals surface area contributed by atoms with Gasteiger partial charge in [-0.15, -0.1) is 5.10 Å². The predicted molar refractivity (Wildman–Crippen MR) is 99.1 cm³/mol. The van der Waals surface area contributed by atoms with E-state index in [0.717, 1.165) is 11.6 Å². The number of hydrogen-bond acceptors (Lipinski definition) is 5. The molecule has 0 spiro atoms. The number of nitrogens with zero attached hydrogens (tertiary/aromatic N) is 4. The van der Waals surface area contributed by atoms with Gasteiger partial charge in [0.2, 0.25) is 5.95 Å². The van der Waals surface area contributed by atoms with E-state index < -0.39 is 11.7 Å². The minimum Gasteiger partial charge on any atom is -0.307 e. The average Bonchev–Trinajstić information content (AvgIpc) is 3.05. The molecule has 0 fully saturated rings. The fraction of sp³-hybridized carbons (Fsp3) is 0.158. The van der Waals surface area contributed by atoms with E-state index in [4.69, 9.17) is 0 Å². The van der Waals surface area contributed by atoms with Crippen molar-refractivity contribution in [1.29, 1.82) is 0 Å². The lowest BCUT2D eigenvalue weighted by atomic mass is 10.1. The summed E-state index contributed by atoms with van der Waals surface area (Å²) in [6.07, 6.45) is -4.52. The van der Waals surface area contributed by atoms with Gasteiger partial charge in [-0.25, -0.2) is 9.97 Å². The molecule has 9 heteroatoms. The number of fused-ring (bicyclic) bond motifs is 1. The molecule has 4 aromatic rings. The summed E-state index contributed by atoms with van der Waals surface area (Å²) < 4.78 is 40.4. The van der Waals surface area contributed by atoms with Crippen LogP contribution in [-0.2, 0) is 6.18 Å². The molecule has 0 saturated carbocycles. The normalized spacial score (nSPS) is 11.8. The van der Waals surface area contributed by atoms with E-state index in [9.17, 15) is 13.2 Å². The minimum absolute atomic E-state index is 0.0271. The maximum atomic E-state index is 13.5. The average molecular weight is 384 g/mol. The van der Waals surface area contributed by atoms with Gasteiger partial charge in [0.25, 0.3) is 0 Å². The van der Waals surface area contributed by atoms with Crippen molar-refractivity contribution in [3.63, 3.8) is 0 Å². The van der Waals surface area contributed by atoms with E-state index in [0.29, 0.717) is 22.5 Å². The third kappa shape index (κ3) is 3.38. The summed E-state index contributed by atoms with van der Waals surface area (Å²) in [5, 5.41) is 10.3. The standard InChI is InChI=1S/C19H15F3N6/c1-10-7-8-13-15(9-10)24-16(12-5-3-4-6-14(12)19(20,21)22)25-17(13)26-18-23-11(2)27-28-18/h3-9H,1-2H3,(H2,23,24,25,26,27,28). The lowest BCUT2D eigenvalue weighted by Crippen LogP contribution is -2.09. The van der Waals surface area contributed by atoms with Crippen molar-refractivity contribution in [2.24, 2.45) is 0 Å². The molecule has 0 radical (unpaired) electrons. The van der Waals surface area contributed by atoms with E-state index in [1.165, 1.54) is 18.2 Å². The number of H-pyrrole nitrogens is 1. The van der Waals surface area contributed by atoms with Crippen molar-refractivity contribution < 1.29 is 13.2 Å². The summed E-state index contributed by atoms with van der Waals surface area (Å²) >= 11 is 0. The Kier molecular flexibility index (Phi) is 4.21. The highest BCUT2D eigenvalue weighted by molar-refractivity contribution is 5.92. The smallest absolute Gasteiger partial charge is 0.307 e. The minimum atomic E-state index is -4.52. The quantitative estimate of drug-likeness (QED) is 0.531. The molecule has 0 unspecified atom stereocenters. The largest absolute Gasteiger partial charge is 0.417 e. The molecule has 4 rings (SSSR count). The highest BCUT2D eigenvalue weighted by Gasteiger charge is 2.34. The van der Waals surface area contributed by atoms with E-state index in [1.54, 1.807) is 13.0 Å². The van der Waals surface area contributed by atoms with Gasteiger partial charge in [-0.1, -0.05) is 24.3 Å². The zero-order valence-electron chi connectivity index (χ0n) is 15.0. The Morgan fingerprint density at radius 3 is 2.46 bits per heavy atom. The van der Waals surface area contributed by atoms with Crippen LogP contribution in [0.3, 0.4) is 0 Å². The third-order valence-electron chi connectivity index (χ3n) is 4.15. The number of aromatic nitrogens is 5. The number of anilines is 2. The van der Waals surface area contributed by atoms with Crippen LogP contribution in [0.5, 0.6) is 0 Å². The molecule has 0 bridgehead atoms. The Bertz CT molecular complexity index is 1170. The molecule has 0 aliphatic rings. The number of hydrogen-bond donors (Lipinski definition) is 2. The highest BCUT2D eigenvalue weighted by Crippen LogP contribution is 2.37. The summed E-state index contributed by atoms with van der Waals surface area (Å²) in [7, 11) is 0. The number of alkyl halides is 3. The molecule has 0 aliphatic carbocycles. The predicted octanol–water partition coefficient (Wildman–Crippen LogP) is 4.79. The number of aromatic amines is 1. The highest BCUT2D eigenvalue weighted by atomic mass is 19.4. The number of halogens is 3. The Hall–Kier alpha value is -3.49. The molecular formula is C19H15F3N6. The van der Waals surface area contributed by atoms with Crippen LogP contribution in [0, 0.1) is 13.8 Å². The third-order valence-corrected chi connectivity index (χ3v) is 4.15. The zero-order valence-corrected chi connectivity index (χ0v) is 15.0. The van der Waals surface area contributed by atoms with E-state index >= 15 is 0 Å². The number of nitrogens with one attached hydrogen (secondary N) is 2. The summed E-state index contributed by atoms with van der Waals surface area (Å²) in [5.41, 5.74) is 0.576. The number of aryl methyl sites for hydroxylation is 2. The molecule has 2 heterocycles. The second-order valence-electron chi connectivity index (χ2n) is 6.33. The van der Waals surface area contributed by atoms with Crippen LogP contribution < -0.4 is 5.32 Å². The maximum absolute atomic E-state index is 13.5. The second kappa shape index (κ2) is 6.59. The summed E-state index contributed by atoms with van der Waals surface area (Å²) in [6, 6.07) is 10.7. The van der Waals surface area contributed by atoms with Crippen molar-refractivity contribution in [2.75, 3.05) is 5.32 Å². The van der Waals surface area contributed by atoms with Crippen LogP contribution in [-0.4, -0.2) is 25.1 Å². The van der Waals surface area contributed by atoms with Gasteiger partial charge in [-0.2, -0.15) is 18.2 Å². The second-order valence-corrected chi connectivity index (χ2v) is 6.33. The molecule has 0 amide bonds. The molecule has 2 aromatic heterocycles. The van der Waals surface area contributed by atoms with Gasteiger partial charge in [-0.05, 0) is 37.6 Å². The van der Waals surface area contributed by atoms with Gasteiger partial charge in [0.15, 0.2) is 5.82 Å². The van der Waals surface area contributed by atoms with Crippen LogP contribution in [0.15, 0.2) is 42.5 Å². The summed E-state index contributed by atoms with van der Waals surface area (Å²) in [5.74, 6) is 1.17. The Morgan fingerprint density at radius 1 is 0.964 bits per heavy atom. The van der Waals surface area contributed by atoms with Gasteiger partial charge >= 0.3 is 6.18 Å². The monoisotopic (exact) mass is 384 g/mol. The van der Waals surface area contributed by atoms with Crippen molar-refractivity contribution >= 4 is 22.7 Å². The van der Waals surface area contributed by atoms with Crippen molar-refractivity contribution in [3.05, 3.63) is 59.4 Å². The fourth-order valence-corrected chi connectivity index (χ4v) is 2.89. The fourth-order valence-electron chi connectivity index (χ4n) is 2.89. The molecule has 6 nitrogen and oxygen atoms in total. The van der Waals surface area contributed by atoms with Gasteiger partial charge in [-0.3, -0.25) is 5.10 Å². The summed E-state index contributed by atoms with van der Waals surface area (Å²) in [6.45, 7) is 3.63. The molecule has 0 saturated heterocycles. The molecule has 0 atom stereocenters. The Balaban J connectivity index is 1.93. The molecule has 2 N–H and O–H groups in total. The maximum Gasteiger partial charge on any atom is 0.417 e. The molecule has 0 aliphatic heterocycles. The van der Waals surface area contributed by atoms with Crippen LogP contribution in [0.4, 0.5) is 24.9 Å². The van der Waals surface area contributed by atoms with E-state index in [-0.39, 0.29) is 17.3 Å².